The molecule has 0 atom stereocenters. The molecule has 4 nitrogen and oxygen atoms in total. The lowest BCUT2D eigenvalue weighted by molar-refractivity contribution is 0.455. The Labute approximate surface area is 102 Å². The molecule has 0 N–H and O–H groups in total. The summed E-state index contributed by atoms with van der Waals surface area (Å²) in [5.74, 6) is 0.121. The van der Waals surface area contributed by atoms with Crippen LogP contribution in [0.5, 0.6) is 11.6 Å². The predicted octanol–water partition coefficient (Wildman–Crippen LogP) is 2.96. The van der Waals surface area contributed by atoms with Gasteiger partial charge in [0.2, 0.25) is 11.8 Å². The van der Waals surface area contributed by atoms with E-state index < -0.39 is 5.95 Å². The normalized spacial score (nSPS) is 10.5. The Hall–Kier alpha value is -2.56. The Balaban J connectivity index is 2.05. The van der Waals surface area contributed by atoms with Crippen LogP contribution >= 0.6 is 0 Å². The molecule has 0 aliphatic rings. The van der Waals surface area contributed by atoms with Gasteiger partial charge in [-0.1, -0.05) is 6.07 Å². The number of hydrogen-bond acceptors (Lipinski definition) is 4. The summed E-state index contributed by atoms with van der Waals surface area (Å²) >= 11 is 0. The van der Waals surface area contributed by atoms with Gasteiger partial charge in [-0.25, -0.2) is 9.97 Å². The van der Waals surface area contributed by atoms with Crippen molar-refractivity contribution < 1.29 is 9.13 Å². The molecular formula is C13H8FN3O. The number of fused-ring (bicyclic) bond motifs is 1. The number of pyridine rings is 1. The Morgan fingerprint density at radius 1 is 1.00 bits per heavy atom. The number of ether oxygens (including phenoxy) is 1. The molecule has 3 rings (SSSR count). The molecule has 18 heavy (non-hydrogen) atoms. The van der Waals surface area contributed by atoms with Crippen LogP contribution < -0.4 is 4.74 Å². The van der Waals surface area contributed by atoms with Gasteiger partial charge in [-0.3, -0.25) is 4.98 Å². The van der Waals surface area contributed by atoms with Gasteiger partial charge in [0.05, 0.1) is 11.6 Å². The van der Waals surface area contributed by atoms with E-state index in [9.17, 15) is 4.39 Å². The summed E-state index contributed by atoms with van der Waals surface area (Å²) < 4.78 is 18.5. The second-order valence-electron chi connectivity index (χ2n) is 3.61. The first-order valence-corrected chi connectivity index (χ1v) is 5.32. The van der Waals surface area contributed by atoms with E-state index in [1.165, 1.54) is 0 Å². The Morgan fingerprint density at radius 2 is 1.94 bits per heavy atom. The second kappa shape index (κ2) is 4.37. The molecule has 3 aromatic rings. The van der Waals surface area contributed by atoms with Gasteiger partial charge in [-0.2, -0.15) is 4.39 Å². The Bertz CT molecular complexity index is 697. The largest absolute Gasteiger partial charge is 0.438 e. The smallest absolute Gasteiger partial charge is 0.225 e. The van der Waals surface area contributed by atoms with Gasteiger partial charge in [0.25, 0.3) is 0 Å². The van der Waals surface area contributed by atoms with Gasteiger partial charge in [0.1, 0.15) is 12.1 Å². The lowest BCUT2D eigenvalue weighted by atomic mass is 10.2. The van der Waals surface area contributed by atoms with Crippen molar-refractivity contribution in [2.75, 3.05) is 0 Å². The molecule has 0 saturated carbocycles. The minimum atomic E-state index is -0.627. The highest BCUT2D eigenvalue weighted by Gasteiger charge is 2.05. The fraction of sp³-hybridized carbons (Fsp3) is 0. The summed E-state index contributed by atoms with van der Waals surface area (Å²) in [6.07, 6.45) is 2.82. The number of hydrogen-bond donors (Lipinski definition) is 0. The van der Waals surface area contributed by atoms with Crippen molar-refractivity contribution in [2.45, 2.75) is 0 Å². The molecule has 0 aliphatic heterocycles. The van der Waals surface area contributed by atoms with E-state index in [1.807, 2.05) is 24.3 Å². The number of aromatic nitrogens is 3. The van der Waals surface area contributed by atoms with Gasteiger partial charge in [-0.15, -0.1) is 0 Å². The minimum Gasteiger partial charge on any atom is -0.438 e. The predicted molar refractivity (Wildman–Crippen MR) is 63.8 cm³/mol. The van der Waals surface area contributed by atoms with Crippen LogP contribution in [0.15, 0.2) is 48.9 Å². The first kappa shape index (κ1) is 10.6. The molecule has 2 heterocycles. The third-order valence-electron chi connectivity index (χ3n) is 2.43. The number of rotatable bonds is 2. The fourth-order valence-corrected chi connectivity index (χ4v) is 1.65. The van der Waals surface area contributed by atoms with Crippen LogP contribution in [-0.4, -0.2) is 15.0 Å². The molecular weight excluding hydrogens is 233 g/mol. The van der Waals surface area contributed by atoms with E-state index in [4.69, 9.17) is 4.74 Å². The topological polar surface area (TPSA) is 47.9 Å². The van der Waals surface area contributed by atoms with Gasteiger partial charge in [0.15, 0.2) is 0 Å². The van der Waals surface area contributed by atoms with Crippen LogP contribution in [0.1, 0.15) is 0 Å². The van der Waals surface area contributed by atoms with E-state index in [2.05, 4.69) is 15.0 Å². The average molecular weight is 241 g/mol. The average Bonchev–Trinajstić information content (AvgIpc) is 2.39. The molecule has 0 unspecified atom stereocenters. The maximum atomic E-state index is 12.9. The molecule has 1 aromatic carbocycles. The lowest BCUT2D eigenvalue weighted by Crippen LogP contribution is -1.92. The van der Waals surface area contributed by atoms with Gasteiger partial charge < -0.3 is 4.74 Å². The summed E-state index contributed by atoms with van der Waals surface area (Å²) in [5.41, 5.74) is 0.810. The Morgan fingerprint density at radius 3 is 2.83 bits per heavy atom. The van der Waals surface area contributed by atoms with E-state index in [0.29, 0.717) is 5.75 Å². The molecule has 0 bridgehead atoms. The number of nitrogens with zero attached hydrogens (tertiary/aromatic N) is 3. The van der Waals surface area contributed by atoms with Crippen LogP contribution in [0.4, 0.5) is 4.39 Å². The van der Waals surface area contributed by atoms with Crippen LogP contribution in [0.25, 0.3) is 10.9 Å². The fourth-order valence-electron chi connectivity index (χ4n) is 1.65. The minimum absolute atomic E-state index is 0.166. The zero-order chi connectivity index (χ0) is 12.4. The standard InChI is InChI=1S/C13H8FN3O/c14-12-7-13(17-8-16-12)18-11-5-1-4-10-9(11)3-2-6-15-10/h1-8H. The molecule has 0 aliphatic carbocycles. The van der Waals surface area contributed by atoms with Crippen molar-refractivity contribution in [1.29, 1.82) is 0 Å². The van der Waals surface area contributed by atoms with Crippen molar-refractivity contribution in [3.63, 3.8) is 0 Å². The van der Waals surface area contributed by atoms with Crippen LogP contribution in [0.3, 0.4) is 0 Å². The summed E-state index contributed by atoms with van der Waals surface area (Å²) in [5, 5.41) is 0.846. The molecule has 0 saturated heterocycles. The molecule has 88 valence electrons. The zero-order valence-electron chi connectivity index (χ0n) is 9.25. The van der Waals surface area contributed by atoms with E-state index in [-0.39, 0.29) is 5.88 Å². The summed E-state index contributed by atoms with van der Waals surface area (Å²) in [7, 11) is 0. The Kier molecular flexibility index (Phi) is 2.57. The highest BCUT2D eigenvalue weighted by atomic mass is 19.1. The van der Waals surface area contributed by atoms with Gasteiger partial charge in [0, 0.05) is 11.6 Å². The van der Waals surface area contributed by atoms with Crippen LogP contribution in [0, 0.1) is 5.95 Å². The van der Waals surface area contributed by atoms with E-state index >= 15 is 0 Å². The highest BCUT2D eigenvalue weighted by molar-refractivity contribution is 5.85. The van der Waals surface area contributed by atoms with E-state index in [1.54, 1.807) is 12.3 Å². The molecule has 2 aromatic heterocycles. The first-order chi connectivity index (χ1) is 8.83. The first-order valence-electron chi connectivity index (χ1n) is 5.32. The lowest BCUT2D eigenvalue weighted by Gasteiger charge is -2.06. The summed E-state index contributed by atoms with van der Waals surface area (Å²) in [6.45, 7) is 0. The molecule has 0 spiro atoms. The third kappa shape index (κ3) is 1.98. The molecule has 0 fully saturated rings. The molecule has 0 radical (unpaired) electrons. The maximum Gasteiger partial charge on any atom is 0.225 e. The number of benzene rings is 1. The quantitative estimate of drug-likeness (QED) is 0.647. The van der Waals surface area contributed by atoms with Gasteiger partial charge in [-0.05, 0) is 24.3 Å². The SMILES string of the molecule is Fc1cc(Oc2cccc3ncccc23)ncn1. The maximum absolute atomic E-state index is 12.9. The van der Waals surface area contributed by atoms with Crippen molar-refractivity contribution in [3.05, 3.63) is 54.9 Å². The van der Waals surface area contributed by atoms with Gasteiger partial charge >= 0.3 is 0 Å². The molecule has 5 heteroatoms. The highest BCUT2D eigenvalue weighted by Crippen LogP contribution is 2.27. The van der Waals surface area contributed by atoms with Crippen molar-refractivity contribution in [1.82, 2.24) is 15.0 Å². The number of halogens is 1. The van der Waals surface area contributed by atoms with Crippen molar-refractivity contribution >= 4 is 10.9 Å². The summed E-state index contributed by atoms with van der Waals surface area (Å²) in [4.78, 5) is 11.4. The van der Waals surface area contributed by atoms with Crippen LogP contribution in [0.2, 0.25) is 0 Å². The van der Waals surface area contributed by atoms with Crippen molar-refractivity contribution in [2.24, 2.45) is 0 Å². The van der Waals surface area contributed by atoms with Crippen molar-refractivity contribution in [3.8, 4) is 11.6 Å². The second-order valence-corrected chi connectivity index (χ2v) is 3.61. The monoisotopic (exact) mass is 241 g/mol. The third-order valence-corrected chi connectivity index (χ3v) is 2.43. The zero-order valence-corrected chi connectivity index (χ0v) is 9.25. The molecule has 0 amide bonds. The summed E-state index contributed by atoms with van der Waals surface area (Å²) in [6, 6.07) is 10.3. The van der Waals surface area contributed by atoms with Crippen LogP contribution in [-0.2, 0) is 0 Å². The van der Waals surface area contributed by atoms with E-state index in [0.717, 1.165) is 23.3 Å².